The highest BCUT2D eigenvalue weighted by Crippen LogP contribution is 2.41. The Labute approximate surface area is 111 Å². The lowest BCUT2D eigenvalue weighted by atomic mass is 9.68. The molecule has 3 nitrogen and oxygen atoms in total. The molecule has 1 amide bonds. The number of rotatable bonds is 3. The van der Waals surface area contributed by atoms with Crippen LogP contribution < -0.4 is 5.32 Å². The highest BCUT2D eigenvalue weighted by atomic mass is 16.5. The molecule has 0 bridgehead atoms. The number of methoxy groups -OCH3 is 1. The Morgan fingerprint density at radius 3 is 2.50 bits per heavy atom. The predicted molar refractivity (Wildman–Crippen MR) is 74.3 cm³/mol. The number of carbonyl (C=O) groups excluding carboxylic acids is 1. The average molecular weight is 253 g/mol. The van der Waals surface area contributed by atoms with Gasteiger partial charge in [-0.15, -0.1) is 6.58 Å². The van der Waals surface area contributed by atoms with Gasteiger partial charge in [0.1, 0.15) is 0 Å². The predicted octanol–water partition coefficient (Wildman–Crippen LogP) is 2.91. The second-order valence-corrected chi connectivity index (χ2v) is 6.62. The van der Waals surface area contributed by atoms with Crippen LogP contribution in [-0.4, -0.2) is 24.7 Å². The third kappa shape index (κ3) is 3.35. The summed E-state index contributed by atoms with van der Waals surface area (Å²) in [5.74, 6) is 0.500. The van der Waals surface area contributed by atoms with Gasteiger partial charge in [-0.1, -0.05) is 6.08 Å². The number of carbonyl (C=O) groups is 1. The van der Waals surface area contributed by atoms with Crippen LogP contribution in [0.1, 0.15) is 47.0 Å². The minimum Gasteiger partial charge on any atom is -0.380 e. The molecular weight excluding hydrogens is 226 g/mol. The van der Waals surface area contributed by atoms with Crippen LogP contribution in [0.2, 0.25) is 0 Å². The van der Waals surface area contributed by atoms with Crippen molar-refractivity contribution in [2.45, 2.75) is 58.6 Å². The van der Waals surface area contributed by atoms with Gasteiger partial charge in [-0.05, 0) is 52.9 Å². The van der Waals surface area contributed by atoms with Crippen molar-refractivity contribution in [3.63, 3.8) is 0 Å². The number of hydrogen-bond acceptors (Lipinski definition) is 2. The van der Waals surface area contributed by atoms with E-state index >= 15 is 0 Å². The van der Waals surface area contributed by atoms with E-state index in [1.165, 1.54) is 0 Å². The van der Waals surface area contributed by atoms with Gasteiger partial charge < -0.3 is 10.1 Å². The molecule has 3 atom stereocenters. The first kappa shape index (κ1) is 15.2. The Hall–Kier alpha value is -0.830. The lowest BCUT2D eigenvalue weighted by Gasteiger charge is -2.43. The van der Waals surface area contributed by atoms with Crippen molar-refractivity contribution < 1.29 is 9.53 Å². The Morgan fingerprint density at radius 1 is 1.44 bits per heavy atom. The van der Waals surface area contributed by atoms with Crippen LogP contribution in [0.15, 0.2) is 12.7 Å². The first-order valence-electron chi connectivity index (χ1n) is 6.71. The fourth-order valence-corrected chi connectivity index (χ4v) is 2.76. The molecule has 1 aliphatic carbocycles. The molecule has 0 aromatic heterocycles. The third-order valence-electron chi connectivity index (χ3n) is 3.82. The number of hydrogen-bond donors (Lipinski definition) is 1. The molecule has 0 unspecified atom stereocenters. The van der Waals surface area contributed by atoms with Crippen molar-refractivity contribution in [2.24, 2.45) is 11.3 Å². The smallest absolute Gasteiger partial charge is 0.228 e. The van der Waals surface area contributed by atoms with Crippen LogP contribution in [0, 0.1) is 11.3 Å². The maximum absolute atomic E-state index is 12.5. The van der Waals surface area contributed by atoms with Crippen molar-refractivity contribution in [1.82, 2.24) is 5.32 Å². The summed E-state index contributed by atoms with van der Waals surface area (Å²) in [6, 6.07) is 0. The summed E-state index contributed by atoms with van der Waals surface area (Å²) in [7, 11) is 1.70. The number of nitrogens with one attached hydrogen (secondary N) is 1. The summed E-state index contributed by atoms with van der Waals surface area (Å²) in [4.78, 5) is 12.5. The molecule has 0 heterocycles. The molecule has 1 fully saturated rings. The molecule has 104 valence electrons. The van der Waals surface area contributed by atoms with Gasteiger partial charge in [0, 0.05) is 12.6 Å². The van der Waals surface area contributed by atoms with E-state index in [1.807, 2.05) is 33.8 Å². The van der Waals surface area contributed by atoms with Gasteiger partial charge in [0.05, 0.1) is 11.5 Å². The van der Waals surface area contributed by atoms with Crippen molar-refractivity contribution in [3.05, 3.63) is 12.7 Å². The van der Waals surface area contributed by atoms with E-state index in [9.17, 15) is 4.79 Å². The van der Waals surface area contributed by atoms with Crippen molar-refractivity contribution >= 4 is 5.91 Å². The van der Waals surface area contributed by atoms with Crippen LogP contribution in [0.5, 0.6) is 0 Å². The zero-order valence-corrected chi connectivity index (χ0v) is 12.4. The van der Waals surface area contributed by atoms with Gasteiger partial charge in [-0.3, -0.25) is 4.79 Å². The summed E-state index contributed by atoms with van der Waals surface area (Å²) >= 11 is 0. The molecule has 3 heteroatoms. The zero-order valence-electron chi connectivity index (χ0n) is 12.4. The Kier molecular flexibility index (Phi) is 4.60. The molecule has 0 aliphatic heterocycles. The fraction of sp³-hybridized carbons (Fsp3) is 0.800. The van der Waals surface area contributed by atoms with Gasteiger partial charge in [-0.2, -0.15) is 0 Å². The normalized spacial score (nSPS) is 32.9. The van der Waals surface area contributed by atoms with Crippen LogP contribution in [0.25, 0.3) is 0 Å². The minimum absolute atomic E-state index is 0.00366. The fourth-order valence-electron chi connectivity index (χ4n) is 2.76. The molecule has 0 aromatic rings. The summed E-state index contributed by atoms with van der Waals surface area (Å²) in [5, 5.41) is 3.09. The van der Waals surface area contributed by atoms with Gasteiger partial charge in [0.2, 0.25) is 5.91 Å². The molecule has 1 rings (SSSR count). The molecule has 0 aromatic carbocycles. The first-order chi connectivity index (χ1) is 8.23. The van der Waals surface area contributed by atoms with E-state index in [2.05, 4.69) is 11.9 Å². The Morgan fingerprint density at radius 2 is 2.06 bits per heavy atom. The van der Waals surface area contributed by atoms with Gasteiger partial charge in [-0.25, -0.2) is 0 Å². The summed E-state index contributed by atoms with van der Waals surface area (Å²) in [6.07, 6.45) is 4.75. The molecule has 0 radical (unpaired) electrons. The minimum atomic E-state index is -0.459. The van der Waals surface area contributed by atoms with Crippen LogP contribution >= 0.6 is 0 Å². The molecule has 18 heavy (non-hydrogen) atoms. The third-order valence-corrected chi connectivity index (χ3v) is 3.82. The van der Waals surface area contributed by atoms with Gasteiger partial charge in [0.15, 0.2) is 0 Å². The largest absolute Gasteiger partial charge is 0.380 e. The highest BCUT2D eigenvalue weighted by molar-refractivity contribution is 5.83. The SMILES string of the molecule is C=C[C@@H]1CC[C@@H](OC)[C@@](C)(C(=O)NC(C)(C)C)C1. The first-order valence-corrected chi connectivity index (χ1v) is 6.71. The monoisotopic (exact) mass is 253 g/mol. The number of amides is 1. The van der Waals surface area contributed by atoms with E-state index in [1.54, 1.807) is 7.11 Å². The standard InChI is InChI=1S/C15H27NO2/c1-7-11-8-9-12(18-6)15(5,10-11)13(17)16-14(2,3)4/h7,11-12H,1,8-10H2,2-6H3,(H,16,17)/t11-,12-,15+/m1/s1. The second-order valence-electron chi connectivity index (χ2n) is 6.62. The van der Waals surface area contributed by atoms with Gasteiger partial charge >= 0.3 is 0 Å². The van der Waals surface area contributed by atoms with Crippen molar-refractivity contribution in [1.29, 1.82) is 0 Å². The highest BCUT2D eigenvalue weighted by Gasteiger charge is 2.46. The topological polar surface area (TPSA) is 38.3 Å². The maximum atomic E-state index is 12.5. The van der Waals surface area contributed by atoms with Crippen LogP contribution in [-0.2, 0) is 9.53 Å². The molecule has 0 spiro atoms. The van der Waals surface area contributed by atoms with E-state index < -0.39 is 5.41 Å². The Balaban J connectivity index is 2.89. The van der Waals surface area contributed by atoms with Crippen molar-refractivity contribution in [2.75, 3.05) is 7.11 Å². The molecule has 1 aliphatic rings. The van der Waals surface area contributed by atoms with E-state index in [0.717, 1.165) is 19.3 Å². The average Bonchev–Trinajstić information content (AvgIpc) is 2.26. The molecule has 1 N–H and O–H groups in total. The quantitative estimate of drug-likeness (QED) is 0.785. The Bertz CT molecular complexity index is 319. The maximum Gasteiger partial charge on any atom is 0.228 e. The number of allylic oxidation sites excluding steroid dienone is 1. The van der Waals surface area contributed by atoms with Gasteiger partial charge in [0.25, 0.3) is 0 Å². The zero-order chi connectivity index (χ0) is 14.0. The van der Waals surface area contributed by atoms with Crippen LogP contribution in [0.3, 0.4) is 0 Å². The summed E-state index contributed by atoms with van der Waals surface area (Å²) in [6.45, 7) is 11.9. The lowest BCUT2D eigenvalue weighted by molar-refractivity contribution is -0.145. The number of ether oxygens (including phenoxy) is 1. The lowest BCUT2D eigenvalue weighted by Crippen LogP contribution is -2.55. The summed E-state index contributed by atoms with van der Waals surface area (Å²) in [5.41, 5.74) is -0.668. The van der Waals surface area contributed by atoms with Crippen molar-refractivity contribution in [3.8, 4) is 0 Å². The molecular formula is C15H27NO2. The van der Waals surface area contributed by atoms with E-state index in [0.29, 0.717) is 5.92 Å². The van der Waals surface area contributed by atoms with Crippen LogP contribution in [0.4, 0.5) is 0 Å². The molecule has 1 saturated carbocycles. The molecule has 0 saturated heterocycles. The van der Waals surface area contributed by atoms with E-state index in [-0.39, 0.29) is 17.6 Å². The second kappa shape index (κ2) is 5.43. The van der Waals surface area contributed by atoms with E-state index in [4.69, 9.17) is 4.74 Å². The summed E-state index contributed by atoms with van der Waals surface area (Å²) < 4.78 is 5.54.